The van der Waals surface area contributed by atoms with Crippen LogP contribution in [-0.4, -0.2) is 8.07 Å². The van der Waals surface area contributed by atoms with Crippen molar-refractivity contribution >= 4 is 104 Å². The number of benzene rings is 13. The molecular formula is C64H42Si. The number of hydrogen-bond acceptors (Lipinski definition) is 0. The minimum Gasteiger partial charge on any atom is -0.0616 e. The second-order valence-corrected chi connectivity index (χ2v) is 21.4. The lowest BCUT2D eigenvalue weighted by Gasteiger charge is -2.35. The van der Waals surface area contributed by atoms with Crippen LogP contribution in [0.1, 0.15) is 0 Å². The van der Waals surface area contributed by atoms with Gasteiger partial charge in [-0.15, -0.1) is 0 Å². The van der Waals surface area contributed by atoms with E-state index in [0.717, 1.165) is 0 Å². The third kappa shape index (κ3) is 6.04. The summed E-state index contributed by atoms with van der Waals surface area (Å²) < 4.78 is 0. The van der Waals surface area contributed by atoms with Crippen LogP contribution in [0.4, 0.5) is 0 Å². The van der Waals surface area contributed by atoms with Crippen LogP contribution in [0.2, 0.25) is 0 Å². The van der Waals surface area contributed by atoms with Crippen molar-refractivity contribution < 1.29 is 0 Å². The Morgan fingerprint density at radius 3 is 0.769 bits per heavy atom. The predicted molar refractivity (Wildman–Crippen MR) is 283 cm³/mol. The van der Waals surface area contributed by atoms with E-state index in [0.29, 0.717) is 0 Å². The summed E-state index contributed by atoms with van der Waals surface area (Å²) in [6, 6.07) is 96.2. The van der Waals surface area contributed by atoms with E-state index in [1.54, 1.807) is 0 Å². The zero-order valence-corrected chi connectivity index (χ0v) is 36.7. The number of fused-ring (bicyclic) bond motifs is 7. The average Bonchev–Trinajstić information content (AvgIpc) is 3.37. The van der Waals surface area contributed by atoms with Crippen LogP contribution >= 0.6 is 0 Å². The minimum atomic E-state index is -2.97. The molecule has 0 N–H and O–H groups in total. The van der Waals surface area contributed by atoms with E-state index in [1.807, 2.05) is 0 Å². The van der Waals surface area contributed by atoms with Gasteiger partial charge < -0.3 is 0 Å². The van der Waals surface area contributed by atoms with E-state index in [1.165, 1.54) is 118 Å². The van der Waals surface area contributed by atoms with Crippen LogP contribution in [0.5, 0.6) is 0 Å². The van der Waals surface area contributed by atoms with Gasteiger partial charge in [-0.25, -0.2) is 0 Å². The van der Waals surface area contributed by atoms with Crippen molar-refractivity contribution in [2.24, 2.45) is 0 Å². The average molecular weight is 839 g/mol. The van der Waals surface area contributed by atoms with E-state index in [9.17, 15) is 0 Å². The fraction of sp³-hybridized carbons (Fsp3) is 0. The van der Waals surface area contributed by atoms with Crippen molar-refractivity contribution in [2.45, 2.75) is 0 Å². The third-order valence-corrected chi connectivity index (χ3v) is 18.8. The maximum Gasteiger partial charge on any atom is 0.179 e. The summed E-state index contributed by atoms with van der Waals surface area (Å²) in [6.45, 7) is 0. The molecule has 0 saturated heterocycles. The molecule has 65 heavy (non-hydrogen) atoms. The standard InChI is InChI=1S/C64H42Si/c1-5-17-47-37-53(27-25-43(47)13-1)63-59-21-9-11-23-61(59)64(62-24-12-10-22-60(62)63)54-28-26-52-42-58(36-32-51(52)38-54)65(55-33-29-44-14-2-6-18-48(44)39-55,56-34-30-45-15-3-7-19-49(45)40-56)57-35-31-46-16-4-8-20-50(46)41-57/h1-42H. The highest BCUT2D eigenvalue weighted by Crippen LogP contribution is 2.44. The Morgan fingerprint density at radius 2 is 0.415 bits per heavy atom. The van der Waals surface area contributed by atoms with Crippen molar-refractivity contribution in [1.82, 2.24) is 0 Å². The summed E-state index contributed by atoms with van der Waals surface area (Å²) in [6.07, 6.45) is 0. The Labute approximate surface area is 379 Å². The van der Waals surface area contributed by atoms with Gasteiger partial charge in [-0.1, -0.05) is 243 Å². The largest absolute Gasteiger partial charge is 0.179 e. The van der Waals surface area contributed by atoms with Gasteiger partial charge in [0.25, 0.3) is 0 Å². The van der Waals surface area contributed by atoms with Gasteiger partial charge >= 0.3 is 0 Å². The lowest BCUT2D eigenvalue weighted by atomic mass is 9.85. The van der Waals surface area contributed by atoms with Crippen LogP contribution in [-0.2, 0) is 0 Å². The Kier molecular flexibility index (Phi) is 8.66. The summed E-state index contributed by atoms with van der Waals surface area (Å²) in [4.78, 5) is 0. The molecule has 0 amide bonds. The molecule has 0 heterocycles. The minimum absolute atomic E-state index is 1.23. The molecule has 1 heteroatoms. The van der Waals surface area contributed by atoms with Gasteiger partial charge in [0.15, 0.2) is 8.07 Å². The van der Waals surface area contributed by atoms with Crippen molar-refractivity contribution in [3.8, 4) is 22.3 Å². The van der Waals surface area contributed by atoms with Gasteiger partial charge in [0.2, 0.25) is 0 Å². The Bertz CT molecular complexity index is 3780. The normalized spacial score (nSPS) is 12.0. The molecule has 0 aliphatic rings. The van der Waals surface area contributed by atoms with Gasteiger partial charge in [0.05, 0.1) is 0 Å². The summed E-state index contributed by atoms with van der Waals surface area (Å²) in [5.41, 5.74) is 5.03. The van der Waals surface area contributed by atoms with Gasteiger partial charge in [-0.2, -0.15) is 0 Å². The van der Waals surface area contributed by atoms with E-state index in [4.69, 9.17) is 0 Å². The van der Waals surface area contributed by atoms with Crippen LogP contribution < -0.4 is 20.7 Å². The van der Waals surface area contributed by atoms with Crippen molar-refractivity contribution in [2.75, 3.05) is 0 Å². The molecule has 0 aliphatic heterocycles. The fourth-order valence-corrected chi connectivity index (χ4v) is 15.8. The van der Waals surface area contributed by atoms with E-state index >= 15 is 0 Å². The summed E-state index contributed by atoms with van der Waals surface area (Å²) in [5.74, 6) is 0. The summed E-state index contributed by atoms with van der Waals surface area (Å²) >= 11 is 0. The first-order valence-corrected chi connectivity index (χ1v) is 24.6. The van der Waals surface area contributed by atoms with Gasteiger partial charge in [0, 0.05) is 0 Å². The number of hydrogen-bond donors (Lipinski definition) is 0. The molecule has 302 valence electrons. The molecule has 13 aromatic carbocycles. The van der Waals surface area contributed by atoms with Crippen LogP contribution in [0, 0.1) is 0 Å². The number of rotatable bonds is 6. The molecule has 0 spiro atoms. The quantitative estimate of drug-likeness (QED) is 0.0889. The molecule has 0 fully saturated rings. The van der Waals surface area contributed by atoms with E-state index in [2.05, 4.69) is 255 Å². The highest BCUT2D eigenvalue weighted by molar-refractivity contribution is 7.20. The maximum atomic E-state index is 2.52. The Morgan fingerprint density at radius 1 is 0.185 bits per heavy atom. The molecule has 0 unspecified atom stereocenters. The smallest absolute Gasteiger partial charge is 0.0616 e. The van der Waals surface area contributed by atoms with Gasteiger partial charge in [0.1, 0.15) is 0 Å². The van der Waals surface area contributed by atoms with Gasteiger partial charge in [-0.05, 0) is 131 Å². The maximum absolute atomic E-state index is 2.97. The third-order valence-electron chi connectivity index (χ3n) is 14.1. The monoisotopic (exact) mass is 838 g/mol. The molecule has 0 nitrogen and oxygen atoms in total. The first-order valence-electron chi connectivity index (χ1n) is 22.6. The summed E-state index contributed by atoms with van der Waals surface area (Å²) in [7, 11) is -2.97. The molecule has 13 rings (SSSR count). The van der Waals surface area contributed by atoms with Crippen LogP contribution in [0.25, 0.3) is 97.7 Å². The van der Waals surface area contributed by atoms with Crippen LogP contribution in [0.15, 0.2) is 255 Å². The molecule has 13 aromatic rings. The first kappa shape index (κ1) is 37.5. The fourth-order valence-electron chi connectivity index (χ4n) is 11.0. The van der Waals surface area contributed by atoms with E-state index < -0.39 is 8.07 Å². The topological polar surface area (TPSA) is 0 Å². The van der Waals surface area contributed by atoms with Crippen molar-refractivity contribution in [1.29, 1.82) is 0 Å². The molecule has 0 aliphatic carbocycles. The van der Waals surface area contributed by atoms with E-state index in [-0.39, 0.29) is 0 Å². The molecule has 0 atom stereocenters. The molecule has 0 radical (unpaired) electrons. The molecule has 0 bridgehead atoms. The second kappa shape index (κ2) is 15.0. The van der Waals surface area contributed by atoms with Crippen LogP contribution in [0.3, 0.4) is 0 Å². The Hall–Kier alpha value is -8.10. The van der Waals surface area contributed by atoms with Gasteiger partial charge in [-0.3, -0.25) is 0 Å². The zero-order chi connectivity index (χ0) is 42.9. The zero-order valence-electron chi connectivity index (χ0n) is 35.7. The Balaban J connectivity index is 1.05. The van der Waals surface area contributed by atoms with Crippen molar-refractivity contribution in [3.63, 3.8) is 0 Å². The van der Waals surface area contributed by atoms with Crippen molar-refractivity contribution in [3.05, 3.63) is 255 Å². The highest BCUT2D eigenvalue weighted by Gasteiger charge is 2.42. The first-order chi connectivity index (χ1) is 32.2. The lowest BCUT2D eigenvalue weighted by molar-refractivity contribution is 1.68. The highest BCUT2D eigenvalue weighted by atomic mass is 28.3. The summed E-state index contributed by atoms with van der Waals surface area (Å²) in [5, 5.41) is 23.1. The molecular weight excluding hydrogens is 797 g/mol. The predicted octanol–water partition coefficient (Wildman–Crippen LogP) is 14.5. The molecule has 0 aromatic heterocycles. The second-order valence-electron chi connectivity index (χ2n) is 17.6. The SMILES string of the molecule is c1ccc2cc(-c3c4ccccc4c(-c4ccc5cc([Si](c6ccc7ccccc7c6)(c6ccc7ccccc7c6)c6ccc7ccccc7c6)ccc5c4)c4ccccc34)ccc2c1. The lowest BCUT2D eigenvalue weighted by Crippen LogP contribution is -2.74. The molecule has 0 saturated carbocycles.